The maximum absolute atomic E-state index is 11.0. The molecule has 0 bridgehead atoms. The highest BCUT2D eigenvalue weighted by atomic mass is 16.5. The van der Waals surface area contributed by atoms with Crippen molar-refractivity contribution in [1.82, 2.24) is 0 Å². The number of carbonyl (C=O) groups is 1. The van der Waals surface area contributed by atoms with E-state index in [1.165, 1.54) is 0 Å². The van der Waals surface area contributed by atoms with Crippen LogP contribution in [-0.4, -0.2) is 25.3 Å². The van der Waals surface area contributed by atoms with Crippen LogP contribution in [0, 0.1) is 0 Å². The van der Waals surface area contributed by atoms with E-state index in [0.717, 1.165) is 0 Å². The number of hydrogen-bond donors (Lipinski definition) is 0. The van der Waals surface area contributed by atoms with E-state index in [9.17, 15) is 4.79 Å². The van der Waals surface area contributed by atoms with Crippen LogP contribution in [0.4, 0.5) is 0 Å². The first-order chi connectivity index (χ1) is 5.89. The van der Waals surface area contributed by atoms with Gasteiger partial charge in [0.05, 0.1) is 12.2 Å². The van der Waals surface area contributed by atoms with Gasteiger partial charge in [-0.3, -0.25) is 0 Å². The van der Waals surface area contributed by atoms with Crippen molar-refractivity contribution in [3.05, 3.63) is 12.2 Å². The van der Waals surface area contributed by atoms with Crippen LogP contribution in [0.5, 0.6) is 0 Å². The predicted octanol–water partition coefficient (Wildman–Crippen LogP) is 1.92. The summed E-state index contributed by atoms with van der Waals surface area (Å²) in [6.45, 7) is 9.37. The summed E-state index contributed by atoms with van der Waals surface area (Å²) in [5.41, 5.74) is 0.185. The molecule has 0 N–H and O–H groups in total. The second-order valence-corrected chi connectivity index (χ2v) is 3.63. The Balaban J connectivity index is 3.68. The first-order valence-corrected chi connectivity index (χ1v) is 4.27. The van der Waals surface area contributed by atoms with Crippen LogP contribution < -0.4 is 0 Å². The van der Waals surface area contributed by atoms with Crippen LogP contribution in [0.15, 0.2) is 12.2 Å². The Morgan fingerprint density at radius 1 is 1.46 bits per heavy atom. The van der Waals surface area contributed by atoms with Gasteiger partial charge in [-0.2, -0.15) is 0 Å². The molecule has 0 aliphatic rings. The monoisotopic (exact) mass is 186 g/mol. The molecule has 0 unspecified atom stereocenters. The van der Waals surface area contributed by atoms with Gasteiger partial charge in [0.1, 0.15) is 0 Å². The summed E-state index contributed by atoms with van der Waals surface area (Å²) in [5.74, 6) is -0.341. The second-order valence-electron chi connectivity index (χ2n) is 3.63. The minimum atomic E-state index is -0.341. The molecule has 0 spiro atoms. The van der Waals surface area contributed by atoms with Crippen molar-refractivity contribution < 1.29 is 14.3 Å². The molecule has 3 nitrogen and oxygen atoms in total. The minimum Gasteiger partial charge on any atom is -0.462 e. The number of carbonyl (C=O) groups excluding carboxylic acids is 1. The minimum absolute atomic E-state index is 0.241. The fourth-order valence-electron chi connectivity index (χ4n) is 0.615. The van der Waals surface area contributed by atoms with Crippen LogP contribution >= 0.6 is 0 Å². The van der Waals surface area contributed by atoms with Crippen molar-refractivity contribution in [2.24, 2.45) is 0 Å². The molecule has 0 aliphatic carbocycles. The molecule has 0 aromatic carbocycles. The van der Waals surface area contributed by atoms with E-state index in [-0.39, 0.29) is 11.6 Å². The maximum Gasteiger partial charge on any atom is 0.333 e. The Hall–Kier alpha value is -0.830. The normalized spacial score (nSPS) is 11.1. The molecule has 0 saturated carbocycles. The van der Waals surface area contributed by atoms with Gasteiger partial charge in [-0.1, -0.05) is 6.58 Å². The van der Waals surface area contributed by atoms with Crippen LogP contribution in [0.1, 0.15) is 27.2 Å². The largest absolute Gasteiger partial charge is 0.462 e. The Labute approximate surface area is 79.7 Å². The second kappa shape index (κ2) is 5.02. The molecule has 3 heteroatoms. The first kappa shape index (κ1) is 12.2. The van der Waals surface area contributed by atoms with Gasteiger partial charge in [0.25, 0.3) is 0 Å². The third kappa shape index (κ3) is 5.42. The maximum atomic E-state index is 11.0. The standard InChI is InChI=1S/C10H18O3/c1-8(2)9(11)13-7-6-10(3,4)12-5/h1,6-7H2,2-5H3. The van der Waals surface area contributed by atoms with E-state index in [0.29, 0.717) is 18.6 Å². The number of esters is 1. The number of rotatable bonds is 5. The lowest BCUT2D eigenvalue weighted by Gasteiger charge is -2.22. The van der Waals surface area contributed by atoms with E-state index in [4.69, 9.17) is 9.47 Å². The Morgan fingerprint density at radius 2 is 2.00 bits per heavy atom. The Bertz CT molecular complexity index is 194. The lowest BCUT2D eigenvalue weighted by atomic mass is 10.1. The predicted molar refractivity (Wildman–Crippen MR) is 51.5 cm³/mol. The van der Waals surface area contributed by atoms with Gasteiger partial charge >= 0.3 is 5.97 Å². The molecule has 13 heavy (non-hydrogen) atoms. The smallest absolute Gasteiger partial charge is 0.333 e. The Morgan fingerprint density at radius 3 is 2.38 bits per heavy atom. The number of methoxy groups -OCH3 is 1. The van der Waals surface area contributed by atoms with Crippen LogP contribution in [0.3, 0.4) is 0 Å². The van der Waals surface area contributed by atoms with Crippen LogP contribution in [-0.2, 0) is 14.3 Å². The van der Waals surface area contributed by atoms with Gasteiger partial charge in [-0.25, -0.2) is 4.79 Å². The van der Waals surface area contributed by atoms with E-state index < -0.39 is 0 Å². The molecule has 0 fully saturated rings. The molecule has 0 aromatic rings. The zero-order valence-electron chi connectivity index (χ0n) is 8.85. The van der Waals surface area contributed by atoms with Crippen LogP contribution in [0.25, 0.3) is 0 Å². The van der Waals surface area contributed by atoms with Gasteiger partial charge in [0, 0.05) is 19.1 Å². The van der Waals surface area contributed by atoms with Gasteiger partial charge in [-0.05, 0) is 20.8 Å². The first-order valence-electron chi connectivity index (χ1n) is 4.27. The lowest BCUT2D eigenvalue weighted by Crippen LogP contribution is -2.25. The van der Waals surface area contributed by atoms with Crippen molar-refractivity contribution in [2.75, 3.05) is 13.7 Å². The highest BCUT2D eigenvalue weighted by Crippen LogP contribution is 2.12. The fourth-order valence-corrected chi connectivity index (χ4v) is 0.615. The van der Waals surface area contributed by atoms with E-state index in [2.05, 4.69) is 6.58 Å². The average molecular weight is 186 g/mol. The van der Waals surface area contributed by atoms with Gasteiger partial charge in [0.2, 0.25) is 0 Å². The molecular weight excluding hydrogens is 168 g/mol. The molecule has 0 saturated heterocycles. The average Bonchev–Trinajstić information content (AvgIpc) is 2.04. The SMILES string of the molecule is C=C(C)C(=O)OCCC(C)(C)OC. The van der Waals surface area contributed by atoms with Crippen molar-refractivity contribution >= 4 is 5.97 Å². The van der Waals surface area contributed by atoms with Gasteiger partial charge in [-0.15, -0.1) is 0 Å². The molecular formula is C10H18O3. The zero-order valence-corrected chi connectivity index (χ0v) is 8.85. The molecule has 0 aliphatic heterocycles. The summed E-state index contributed by atoms with van der Waals surface area (Å²) in [4.78, 5) is 11.0. The van der Waals surface area contributed by atoms with E-state index in [1.807, 2.05) is 13.8 Å². The summed E-state index contributed by atoms with van der Waals surface area (Å²) < 4.78 is 10.1. The highest BCUT2D eigenvalue weighted by molar-refractivity contribution is 5.86. The quantitative estimate of drug-likeness (QED) is 0.486. The molecule has 0 heterocycles. The Kier molecular flexibility index (Phi) is 4.70. The summed E-state index contributed by atoms with van der Waals surface area (Å²) >= 11 is 0. The van der Waals surface area contributed by atoms with Gasteiger partial charge in [0.15, 0.2) is 0 Å². The number of hydrogen-bond acceptors (Lipinski definition) is 3. The highest BCUT2D eigenvalue weighted by Gasteiger charge is 2.16. The third-order valence-corrected chi connectivity index (χ3v) is 1.84. The molecule has 0 radical (unpaired) electrons. The molecule has 0 rings (SSSR count). The van der Waals surface area contributed by atoms with Crippen molar-refractivity contribution in [2.45, 2.75) is 32.8 Å². The summed E-state index contributed by atoms with van der Waals surface area (Å²) in [6, 6.07) is 0. The zero-order chi connectivity index (χ0) is 10.5. The summed E-state index contributed by atoms with van der Waals surface area (Å²) in [5, 5.41) is 0. The van der Waals surface area contributed by atoms with Gasteiger partial charge < -0.3 is 9.47 Å². The molecule has 0 atom stereocenters. The lowest BCUT2D eigenvalue weighted by molar-refractivity contribution is -0.140. The van der Waals surface area contributed by atoms with Crippen molar-refractivity contribution in [3.63, 3.8) is 0 Å². The van der Waals surface area contributed by atoms with E-state index >= 15 is 0 Å². The van der Waals surface area contributed by atoms with Crippen molar-refractivity contribution in [3.8, 4) is 0 Å². The molecule has 0 amide bonds. The van der Waals surface area contributed by atoms with Crippen molar-refractivity contribution in [1.29, 1.82) is 0 Å². The fraction of sp³-hybridized carbons (Fsp3) is 0.700. The molecule has 76 valence electrons. The topological polar surface area (TPSA) is 35.5 Å². The molecule has 0 aromatic heterocycles. The summed E-state index contributed by atoms with van der Waals surface area (Å²) in [6.07, 6.45) is 0.683. The summed E-state index contributed by atoms with van der Waals surface area (Å²) in [7, 11) is 1.64. The third-order valence-electron chi connectivity index (χ3n) is 1.84. The van der Waals surface area contributed by atoms with E-state index in [1.54, 1.807) is 14.0 Å². The van der Waals surface area contributed by atoms with Crippen LogP contribution in [0.2, 0.25) is 0 Å². The number of ether oxygens (including phenoxy) is 2.